The van der Waals surface area contributed by atoms with Gasteiger partial charge in [0.05, 0.1) is 12.1 Å². The molecule has 0 fully saturated rings. The monoisotopic (exact) mass is 346 g/mol. The van der Waals surface area contributed by atoms with Crippen molar-refractivity contribution in [1.29, 1.82) is 0 Å². The highest BCUT2D eigenvalue weighted by Crippen LogP contribution is 2.14. The first-order valence-corrected chi connectivity index (χ1v) is 8.10. The largest absolute Gasteiger partial charge is 0.326 e. The van der Waals surface area contributed by atoms with Crippen LogP contribution in [-0.2, 0) is 11.2 Å². The van der Waals surface area contributed by atoms with Gasteiger partial charge in [-0.3, -0.25) is 14.7 Å². The van der Waals surface area contributed by atoms with Gasteiger partial charge in [0, 0.05) is 22.3 Å². The highest BCUT2D eigenvalue weighted by atomic mass is 32.1. The van der Waals surface area contributed by atoms with Crippen LogP contribution in [0.5, 0.6) is 0 Å². The number of H-pyrrole nitrogens is 1. The van der Waals surface area contributed by atoms with Gasteiger partial charge in [-0.05, 0) is 38.1 Å². The summed E-state index contributed by atoms with van der Waals surface area (Å²) >= 11 is 1.35. The lowest BCUT2D eigenvalue weighted by Gasteiger charge is -2.04. The molecule has 1 aromatic carbocycles. The van der Waals surface area contributed by atoms with E-state index in [0.717, 1.165) is 5.69 Å². The number of carbonyl (C=O) groups excluding carboxylic acids is 1. The minimum absolute atomic E-state index is 0.0735. The number of carbonyl (C=O) groups is 1. The van der Waals surface area contributed by atoms with Crippen LogP contribution >= 0.6 is 11.3 Å². The second kappa shape index (κ2) is 6.40. The summed E-state index contributed by atoms with van der Waals surface area (Å²) in [5, 5.41) is 7.97. The number of hydrogen-bond acceptors (Lipinski definition) is 4. The number of thiazole rings is 1. The predicted octanol–water partition coefficient (Wildman–Crippen LogP) is 2.56. The average Bonchev–Trinajstić information content (AvgIpc) is 3.08. The third-order valence-corrected chi connectivity index (χ3v) is 4.40. The molecular formula is C16H15FN4O2S. The molecule has 0 aliphatic heterocycles. The Morgan fingerprint density at radius 2 is 2.04 bits per heavy atom. The second-order valence-corrected chi connectivity index (χ2v) is 6.20. The average molecular weight is 346 g/mol. The summed E-state index contributed by atoms with van der Waals surface area (Å²) in [5.41, 5.74) is 2.00. The Morgan fingerprint density at radius 1 is 1.33 bits per heavy atom. The molecule has 6 nitrogen and oxygen atoms in total. The molecule has 0 bridgehead atoms. The van der Waals surface area contributed by atoms with Gasteiger partial charge < -0.3 is 5.32 Å². The summed E-state index contributed by atoms with van der Waals surface area (Å²) in [4.78, 5) is 28.9. The van der Waals surface area contributed by atoms with Crippen molar-refractivity contribution in [3.05, 3.63) is 62.8 Å². The van der Waals surface area contributed by atoms with E-state index in [1.165, 1.54) is 40.3 Å². The first kappa shape index (κ1) is 16.1. The third-order valence-electron chi connectivity index (χ3n) is 3.46. The Labute approximate surface area is 141 Å². The van der Waals surface area contributed by atoms with Gasteiger partial charge in [0.1, 0.15) is 5.82 Å². The van der Waals surface area contributed by atoms with E-state index in [9.17, 15) is 14.0 Å². The van der Waals surface area contributed by atoms with E-state index in [2.05, 4.69) is 15.4 Å². The van der Waals surface area contributed by atoms with Crippen LogP contribution in [0.1, 0.15) is 17.0 Å². The lowest BCUT2D eigenvalue weighted by Crippen LogP contribution is -2.22. The van der Waals surface area contributed by atoms with Gasteiger partial charge in [0.15, 0.2) is 0 Å². The SMILES string of the molecule is Cc1csc(-n2[nH]c(C)c(CC(=O)Nc3ccc(F)cc3)c2=O)n1. The van der Waals surface area contributed by atoms with Gasteiger partial charge in [0.2, 0.25) is 11.0 Å². The van der Waals surface area contributed by atoms with Gasteiger partial charge in [-0.1, -0.05) is 0 Å². The van der Waals surface area contributed by atoms with Crippen LogP contribution in [0, 0.1) is 19.7 Å². The van der Waals surface area contributed by atoms with Crippen molar-refractivity contribution < 1.29 is 9.18 Å². The molecule has 0 saturated carbocycles. The van der Waals surface area contributed by atoms with Crippen LogP contribution in [0.3, 0.4) is 0 Å². The number of rotatable bonds is 4. The smallest absolute Gasteiger partial charge is 0.277 e. The van der Waals surface area contributed by atoms with Crippen molar-refractivity contribution in [2.45, 2.75) is 20.3 Å². The zero-order valence-corrected chi connectivity index (χ0v) is 13.9. The Kier molecular flexibility index (Phi) is 4.30. The molecule has 0 unspecified atom stereocenters. The quantitative estimate of drug-likeness (QED) is 0.762. The molecule has 2 aromatic heterocycles. The number of anilines is 1. The number of aryl methyl sites for hydroxylation is 2. The van der Waals surface area contributed by atoms with E-state index in [-0.39, 0.29) is 23.7 Å². The Bertz CT molecular complexity index is 940. The van der Waals surface area contributed by atoms with E-state index in [1.54, 1.807) is 6.92 Å². The highest BCUT2D eigenvalue weighted by Gasteiger charge is 2.17. The van der Waals surface area contributed by atoms with Crippen LogP contribution in [0.2, 0.25) is 0 Å². The number of aromatic nitrogens is 3. The minimum Gasteiger partial charge on any atom is -0.326 e. The molecule has 0 aliphatic carbocycles. The molecule has 8 heteroatoms. The first-order valence-electron chi connectivity index (χ1n) is 7.22. The molecule has 0 saturated heterocycles. The molecular weight excluding hydrogens is 331 g/mol. The Balaban J connectivity index is 1.80. The standard InChI is InChI=1S/C16H15FN4O2S/c1-9-8-24-16(18-9)21-15(23)13(10(2)20-21)7-14(22)19-12-5-3-11(17)4-6-12/h3-6,8,20H,7H2,1-2H3,(H,19,22). The molecule has 2 heterocycles. The maximum atomic E-state index is 12.9. The number of hydrogen-bond donors (Lipinski definition) is 2. The fraction of sp³-hybridized carbons (Fsp3) is 0.188. The highest BCUT2D eigenvalue weighted by molar-refractivity contribution is 7.12. The van der Waals surface area contributed by atoms with Crippen molar-refractivity contribution >= 4 is 22.9 Å². The molecule has 1 amide bonds. The molecule has 0 atom stereocenters. The summed E-state index contributed by atoms with van der Waals surface area (Å²) in [6, 6.07) is 5.45. The molecule has 0 radical (unpaired) electrons. The molecule has 3 aromatic rings. The fourth-order valence-corrected chi connectivity index (χ4v) is 3.03. The first-order chi connectivity index (χ1) is 11.4. The lowest BCUT2D eigenvalue weighted by atomic mass is 10.2. The van der Waals surface area contributed by atoms with Gasteiger partial charge in [-0.25, -0.2) is 9.37 Å². The summed E-state index contributed by atoms with van der Waals surface area (Å²) in [7, 11) is 0. The van der Waals surface area contributed by atoms with Crippen LogP contribution in [-0.4, -0.2) is 20.7 Å². The number of benzene rings is 1. The predicted molar refractivity (Wildman–Crippen MR) is 90.3 cm³/mol. The zero-order valence-electron chi connectivity index (χ0n) is 13.1. The van der Waals surface area contributed by atoms with Crippen LogP contribution in [0.15, 0.2) is 34.4 Å². The van der Waals surface area contributed by atoms with Crippen LogP contribution in [0.25, 0.3) is 5.13 Å². The molecule has 0 aliphatic rings. The number of nitrogens with one attached hydrogen (secondary N) is 2. The fourth-order valence-electron chi connectivity index (χ4n) is 2.27. The van der Waals surface area contributed by atoms with E-state index >= 15 is 0 Å². The Hall–Kier alpha value is -2.74. The molecule has 124 valence electrons. The van der Waals surface area contributed by atoms with Gasteiger partial charge in [0.25, 0.3) is 5.56 Å². The van der Waals surface area contributed by atoms with Crippen molar-refractivity contribution in [3.63, 3.8) is 0 Å². The number of nitrogens with zero attached hydrogens (tertiary/aromatic N) is 2. The Morgan fingerprint density at radius 3 is 2.67 bits per heavy atom. The maximum Gasteiger partial charge on any atom is 0.277 e. The second-order valence-electron chi connectivity index (χ2n) is 5.36. The van der Waals surface area contributed by atoms with Crippen LogP contribution < -0.4 is 10.9 Å². The lowest BCUT2D eigenvalue weighted by molar-refractivity contribution is -0.115. The summed E-state index contributed by atoms with van der Waals surface area (Å²) in [6.07, 6.45) is -0.0735. The van der Waals surface area contributed by atoms with Crippen molar-refractivity contribution in [1.82, 2.24) is 14.8 Å². The number of amides is 1. The maximum absolute atomic E-state index is 12.9. The molecule has 2 N–H and O–H groups in total. The van der Waals surface area contributed by atoms with E-state index in [1.807, 2.05) is 12.3 Å². The topological polar surface area (TPSA) is 79.8 Å². The number of aromatic amines is 1. The summed E-state index contributed by atoms with van der Waals surface area (Å²) < 4.78 is 14.2. The van der Waals surface area contributed by atoms with E-state index in [4.69, 9.17) is 0 Å². The van der Waals surface area contributed by atoms with Crippen molar-refractivity contribution in [3.8, 4) is 5.13 Å². The third kappa shape index (κ3) is 3.28. The molecule has 3 rings (SSSR count). The van der Waals surface area contributed by atoms with E-state index in [0.29, 0.717) is 22.1 Å². The van der Waals surface area contributed by atoms with Gasteiger partial charge >= 0.3 is 0 Å². The normalized spacial score (nSPS) is 10.8. The minimum atomic E-state index is -0.379. The summed E-state index contributed by atoms with van der Waals surface area (Å²) in [5.74, 6) is -0.723. The van der Waals surface area contributed by atoms with Crippen molar-refractivity contribution in [2.24, 2.45) is 0 Å². The van der Waals surface area contributed by atoms with Gasteiger partial charge in [-0.2, -0.15) is 4.68 Å². The number of halogens is 1. The van der Waals surface area contributed by atoms with Crippen LogP contribution in [0.4, 0.5) is 10.1 Å². The summed E-state index contributed by atoms with van der Waals surface area (Å²) in [6.45, 7) is 3.58. The molecule has 24 heavy (non-hydrogen) atoms. The van der Waals surface area contributed by atoms with E-state index < -0.39 is 0 Å². The van der Waals surface area contributed by atoms with Crippen molar-refractivity contribution in [2.75, 3.05) is 5.32 Å². The zero-order chi connectivity index (χ0) is 17.3. The van der Waals surface area contributed by atoms with Gasteiger partial charge in [-0.15, -0.1) is 11.3 Å². The molecule has 0 spiro atoms.